The van der Waals surface area contributed by atoms with Gasteiger partial charge in [-0.15, -0.1) is 0 Å². The molecule has 0 bridgehead atoms. The number of hydrogen-bond acceptors (Lipinski definition) is 4. The molecule has 110 valence electrons. The Kier molecular flexibility index (Phi) is 3.66. The third-order valence-corrected chi connectivity index (χ3v) is 4.29. The number of rotatable bonds is 3. The number of pyridine rings is 1. The van der Waals surface area contributed by atoms with E-state index in [0.29, 0.717) is 19.6 Å². The molecule has 1 aliphatic heterocycles. The van der Waals surface area contributed by atoms with Crippen LogP contribution >= 0.6 is 0 Å². The van der Waals surface area contributed by atoms with Crippen LogP contribution in [-0.4, -0.2) is 46.1 Å². The minimum atomic E-state index is -0.527. The van der Waals surface area contributed by atoms with Crippen LogP contribution in [0, 0.1) is 18.3 Å². The van der Waals surface area contributed by atoms with Crippen LogP contribution in [0.3, 0.4) is 0 Å². The van der Waals surface area contributed by atoms with Gasteiger partial charge in [0.05, 0.1) is 25.0 Å². The molecular weight excluding hydrogens is 264 g/mol. The van der Waals surface area contributed by atoms with Crippen LogP contribution in [0.2, 0.25) is 0 Å². The van der Waals surface area contributed by atoms with Crippen molar-refractivity contribution in [3.63, 3.8) is 0 Å². The van der Waals surface area contributed by atoms with Crippen LogP contribution in [-0.2, 0) is 11.2 Å². The van der Waals surface area contributed by atoms with Gasteiger partial charge in [0.2, 0.25) is 0 Å². The lowest BCUT2D eigenvalue weighted by Crippen LogP contribution is -2.52. The minimum absolute atomic E-state index is 0.527. The molecule has 0 aliphatic carbocycles. The Labute approximate surface area is 124 Å². The van der Waals surface area contributed by atoms with Crippen molar-refractivity contribution in [3.8, 4) is 6.07 Å². The minimum Gasteiger partial charge on any atom is -0.379 e. The van der Waals surface area contributed by atoms with Gasteiger partial charge in [-0.1, -0.05) is 6.07 Å². The molecule has 1 saturated heterocycles. The summed E-state index contributed by atoms with van der Waals surface area (Å²) in [6, 6.07) is 8.48. The van der Waals surface area contributed by atoms with Gasteiger partial charge in [-0.25, -0.2) is 4.98 Å². The maximum absolute atomic E-state index is 9.74. The summed E-state index contributed by atoms with van der Waals surface area (Å²) in [4.78, 5) is 6.81. The molecule has 5 heteroatoms. The molecule has 0 N–H and O–H groups in total. The van der Waals surface area contributed by atoms with Crippen molar-refractivity contribution in [1.82, 2.24) is 14.3 Å². The molecule has 0 spiro atoms. The topological polar surface area (TPSA) is 53.6 Å². The zero-order valence-electron chi connectivity index (χ0n) is 12.5. The van der Waals surface area contributed by atoms with Crippen LogP contribution in [0.4, 0.5) is 0 Å². The van der Waals surface area contributed by atoms with Crippen LogP contribution in [0.15, 0.2) is 24.4 Å². The zero-order valence-corrected chi connectivity index (χ0v) is 12.5. The SMILES string of the molecule is Cc1nc2ccccn2c1CC(C)(C#N)N1CCOCC1. The lowest BCUT2D eigenvalue weighted by atomic mass is 9.94. The summed E-state index contributed by atoms with van der Waals surface area (Å²) < 4.78 is 7.49. The number of aromatic nitrogens is 2. The maximum atomic E-state index is 9.74. The van der Waals surface area contributed by atoms with E-state index in [1.807, 2.05) is 38.2 Å². The highest BCUT2D eigenvalue weighted by Crippen LogP contribution is 2.24. The number of nitrogens with zero attached hydrogens (tertiary/aromatic N) is 4. The van der Waals surface area contributed by atoms with Crippen molar-refractivity contribution >= 4 is 5.65 Å². The second-order valence-electron chi connectivity index (χ2n) is 5.73. The lowest BCUT2D eigenvalue weighted by molar-refractivity contribution is 0.00156. The summed E-state index contributed by atoms with van der Waals surface area (Å²) >= 11 is 0. The summed E-state index contributed by atoms with van der Waals surface area (Å²) in [7, 11) is 0. The van der Waals surface area contributed by atoms with Gasteiger partial charge in [-0.2, -0.15) is 5.26 Å². The molecule has 3 heterocycles. The Hall–Kier alpha value is -1.90. The van der Waals surface area contributed by atoms with Crippen LogP contribution < -0.4 is 0 Å². The average molecular weight is 284 g/mol. The van der Waals surface area contributed by atoms with Gasteiger partial charge in [0.25, 0.3) is 0 Å². The molecule has 1 atom stereocenters. The predicted molar refractivity (Wildman–Crippen MR) is 80.0 cm³/mol. The monoisotopic (exact) mass is 284 g/mol. The van der Waals surface area contributed by atoms with E-state index in [2.05, 4.69) is 20.4 Å². The van der Waals surface area contributed by atoms with Gasteiger partial charge in [-0.3, -0.25) is 4.90 Å². The van der Waals surface area contributed by atoms with E-state index in [0.717, 1.165) is 30.1 Å². The first-order valence-electron chi connectivity index (χ1n) is 7.31. The van der Waals surface area contributed by atoms with Crippen molar-refractivity contribution in [2.75, 3.05) is 26.3 Å². The largest absolute Gasteiger partial charge is 0.379 e. The molecule has 21 heavy (non-hydrogen) atoms. The second kappa shape index (κ2) is 5.47. The molecular formula is C16H20N4O. The molecule has 0 radical (unpaired) electrons. The average Bonchev–Trinajstić information content (AvgIpc) is 2.84. The van der Waals surface area contributed by atoms with Crippen LogP contribution in [0.25, 0.3) is 5.65 Å². The molecule has 5 nitrogen and oxygen atoms in total. The Morgan fingerprint density at radius 2 is 2.14 bits per heavy atom. The van der Waals surface area contributed by atoms with Gasteiger partial charge in [-0.05, 0) is 26.0 Å². The zero-order chi connectivity index (χ0) is 14.9. The molecule has 0 aromatic carbocycles. The lowest BCUT2D eigenvalue weighted by Gasteiger charge is -2.38. The van der Waals surface area contributed by atoms with Crippen LogP contribution in [0.1, 0.15) is 18.3 Å². The summed E-state index contributed by atoms with van der Waals surface area (Å²) in [5.74, 6) is 0. The maximum Gasteiger partial charge on any atom is 0.137 e. The summed E-state index contributed by atoms with van der Waals surface area (Å²) in [5, 5.41) is 9.74. The van der Waals surface area contributed by atoms with E-state index in [-0.39, 0.29) is 0 Å². The van der Waals surface area contributed by atoms with Gasteiger partial charge >= 0.3 is 0 Å². The molecule has 2 aromatic rings. The molecule has 2 aromatic heterocycles. The fraction of sp³-hybridized carbons (Fsp3) is 0.500. The van der Waals surface area contributed by atoms with Gasteiger partial charge in [0.15, 0.2) is 0 Å². The fourth-order valence-electron chi connectivity index (χ4n) is 2.98. The first-order valence-corrected chi connectivity index (χ1v) is 7.31. The highest BCUT2D eigenvalue weighted by Gasteiger charge is 2.34. The Morgan fingerprint density at radius 3 is 2.86 bits per heavy atom. The highest BCUT2D eigenvalue weighted by atomic mass is 16.5. The Balaban J connectivity index is 1.95. The van der Waals surface area contributed by atoms with Crippen molar-refractivity contribution < 1.29 is 4.74 Å². The van der Waals surface area contributed by atoms with E-state index in [1.165, 1.54) is 0 Å². The third kappa shape index (κ3) is 2.53. The molecule has 1 aliphatic rings. The van der Waals surface area contributed by atoms with Crippen molar-refractivity contribution in [3.05, 3.63) is 35.8 Å². The van der Waals surface area contributed by atoms with E-state index in [9.17, 15) is 5.26 Å². The van der Waals surface area contributed by atoms with Crippen molar-refractivity contribution in [2.24, 2.45) is 0 Å². The first kappa shape index (κ1) is 14.1. The Bertz CT molecular complexity index is 681. The number of aryl methyl sites for hydroxylation is 1. The van der Waals surface area contributed by atoms with E-state index >= 15 is 0 Å². The number of ether oxygens (including phenoxy) is 1. The Morgan fingerprint density at radius 1 is 1.38 bits per heavy atom. The third-order valence-electron chi connectivity index (χ3n) is 4.29. The van der Waals surface area contributed by atoms with Gasteiger partial charge in [0, 0.05) is 31.4 Å². The predicted octanol–water partition coefficient (Wildman–Crippen LogP) is 1.80. The van der Waals surface area contributed by atoms with Crippen LogP contribution in [0.5, 0.6) is 0 Å². The fourth-order valence-corrected chi connectivity index (χ4v) is 2.98. The summed E-state index contributed by atoms with van der Waals surface area (Å²) in [5.41, 5.74) is 2.52. The molecule has 0 saturated carbocycles. The highest BCUT2D eigenvalue weighted by molar-refractivity contribution is 5.43. The quantitative estimate of drug-likeness (QED) is 0.862. The number of fused-ring (bicyclic) bond motifs is 1. The van der Waals surface area contributed by atoms with Crippen molar-refractivity contribution in [1.29, 1.82) is 5.26 Å². The van der Waals surface area contributed by atoms with Crippen molar-refractivity contribution in [2.45, 2.75) is 25.8 Å². The second-order valence-corrected chi connectivity index (χ2v) is 5.73. The first-order chi connectivity index (χ1) is 10.1. The number of hydrogen-bond donors (Lipinski definition) is 0. The van der Waals surface area contributed by atoms with E-state index < -0.39 is 5.54 Å². The summed E-state index contributed by atoms with van der Waals surface area (Å²) in [6.45, 7) is 7.03. The van der Waals surface area contributed by atoms with Gasteiger partial charge in [0.1, 0.15) is 11.2 Å². The molecule has 1 unspecified atom stereocenters. The molecule has 0 amide bonds. The van der Waals surface area contributed by atoms with E-state index in [1.54, 1.807) is 0 Å². The number of morpholine rings is 1. The smallest absolute Gasteiger partial charge is 0.137 e. The molecule has 1 fully saturated rings. The van der Waals surface area contributed by atoms with E-state index in [4.69, 9.17) is 4.74 Å². The standard InChI is InChI=1S/C16H20N4O/c1-13-14(20-6-4-3-5-15(20)18-13)11-16(2,12-17)19-7-9-21-10-8-19/h3-6H,7-11H2,1-2H3. The normalized spacial score (nSPS) is 19.3. The number of imidazole rings is 1. The summed E-state index contributed by atoms with van der Waals surface area (Å²) in [6.07, 6.45) is 2.68. The number of nitriles is 1. The van der Waals surface area contributed by atoms with Gasteiger partial charge < -0.3 is 9.14 Å². The molecule has 3 rings (SSSR count).